The zero-order chi connectivity index (χ0) is 18.6. The molecule has 0 aliphatic heterocycles. The van der Waals surface area contributed by atoms with Crippen molar-refractivity contribution >= 4 is 5.97 Å². The largest absolute Gasteiger partial charge is 0.463 e. The van der Waals surface area contributed by atoms with E-state index in [0.29, 0.717) is 6.42 Å². The summed E-state index contributed by atoms with van der Waals surface area (Å²) in [5.74, 6) is 0.0111. The molecule has 150 valence electrons. The summed E-state index contributed by atoms with van der Waals surface area (Å²) in [6, 6.07) is 0. The zero-order valence-corrected chi connectivity index (χ0v) is 17.6. The molecule has 1 unspecified atom stereocenters. The molecule has 0 heterocycles. The molecule has 0 aliphatic rings. The van der Waals surface area contributed by atoms with Crippen molar-refractivity contribution in [3.63, 3.8) is 0 Å². The van der Waals surface area contributed by atoms with Crippen molar-refractivity contribution in [2.45, 2.75) is 142 Å². The average molecular weight is 355 g/mol. The minimum atomic E-state index is 0.0111. The molecule has 0 rings (SSSR count). The van der Waals surface area contributed by atoms with E-state index in [2.05, 4.69) is 13.8 Å². The van der Waals surface area contributed by atoms with Gasteiger partial charge in [0.25, 0.3) is 0 Å². The van der Waals surface area contributed by atoms with Crippen molar-refractivity contribution in [2.24, 2.45) is 0 Å². The molecule has 0 aromatic heterocycles. The number of ether oxygens (including phenoxy) is 1. The Morgan fingerprint density at radius 3 is 1.52 bits per heavy atom. The van der Waals surface area contributed by atoms with Gasteiger partial charge in [0.15, 0.2) is 0 Å². The lowest BCUT2D eigenvalue weighted by molar-refractivity contribution is -0.148. The number of carbonyl (C=O) groups excluding carboxylic acids is 1. The summed E-state index contributed by atoms with van der Waals surface area (Å²) in [7, 11) is 0. The fraction of sp³-hybridized carbons (Fsp3) is 0.957. The predicted octanol–water partition coefficient (Wildman–Crippen LogP) is 7.98. The minimum absolute atomic E-state index is 0.0111. The lowest BCUT2D eigenvalue weighted by Gasteiger charge is -2.13. The summed E-state index contributed by atoms with van der Waals surface area (Å²) in [6.45, 7) is 6.54. The number of carbonyl (C=O) groups is 1. The first-order valence-electron chi connectivity index (χ1n) is 11.4. The third kappa shape index (κ3) is 19.6. The van der Waals surface area contributed by atoms with Gasteiger partial charge in [-0.2, -0.15) is 0 Å². The number of hydrogen-bond acceptors (Lipinski definition) is 2. The van der Waals surface area contributed by atoms with Gasteiger partial charge in [0.1, 0.15) is 0 Å². The van der Waals surface area contributed by atoms with E-state index in [-0.39, 0.29) is 12.1 Å². The van der Waals surface area contributed by atoms with Crippen LogP contribution in [-0.4, -0.2) is 12.1 Å². The summed E-state index contributed by atoms with van der Waals surface area (Å²) >= 11 is 0. The monoisotopic (exact) mass is 354 g/mol. The summed E-state index contributed by atoms with van der Waals surface area (Å²) in [4.78, 5) is 11.8. The molecule has 0 fully saturated rings. The Labute approximate surface area is 158 Å². The van der Waals surface area contributed by atoms with Crippen molar-refractivity contribution < 1.29 is 9.53 Å². The van der Waals surface area contributed by atoms with Crippen LogP contribution >= 0.6 is 0 Å². The van der Waals surface area contributed by atoms with Gasteiger partial charge < -0.3 is 4.74 Å². The van der Waals surface area contributed by atoms with E-state index in [1.807, 2.05) is 6.92 Å². The molecule has 2 nitrogen and oxygen atoms in total. The first-order chi connectivity index (χ1) is 12.2. The van der Waals surface area contributed by atoms with Crippen LogP contribution in [0.1, 0.15) is 136 Å². The molecule has 0 aromatic rings. The second kappa shape index (κ2) is 19.8. The highest BCUT2D eigenvalue weighted by atomic mass is 16.5. The van der Waals surface area contributed by atoms with Crippen molar-refractivity contribution in [1.29, 1.82) is 0 Å². The molecule has 25 heavy (non-hydrogen) atoms. The quantitative estimate of drug-likeness (QED) is 0.173. The number of hydrogen-bond donors (Lipinski definition) is 0. The van der Waals surface area contributed by atoms with Crippen LogP contribution < -0.4 is 0 Å². The van der Waals surface area contributed by atoms with Crippen LogP contribution in [0.15, 0.2) is 0 Å². The SMILES string of the molecule is CCCCCCCCCCCCCC(=O)OC(C)CCCCCCC. The molecular formula is C23H46O2. The normalized spacial score (nSPS) is 12.3. The third-order valence-electron chi connectivity index (χ3n) is 5.03. The van der Waals surface area contributed by atoms with Gasteiger partial charge in [-0.15, -0.1) is 0 Å². The smallest absolute Gasteiger partial charge is 0.306 e. The topological polar surface area (TPSA) is 26.3 Å². The molecule has 0 N–H and O–H groups in total. The lowest BCUT2D eigenvalue weighted by Crippen LogP contribution is -2.14. The zero-order valence-electron chi connectivity index (χ0n) is 17.6. The van der Waals surface area contributed by atoms with Crippen LogP contribution in [-0.2, 0) is 9.53 Å². The van der Waals surface area contributed by atoms with Crippen molar-refractivity contribution in [3.05, 3.63) is 0 Å². The molecule has 0 saturated heterocycles. The van der Waals surface area contributed by atoms with E-state index in [0.717, 1.165) is 12.8 Å². The molecule has 0 aromatic carbocycles. The molecule has 1 atom stereocenters. The van der Waals surface area contributed by atoms with Crippen LogP contribution in [0.25, 0.3) is 0 Å². The third-order valence-corrected chi connectivity index (χ3v) is 5.03. The van der Waals surface area contributed by atoms with Crippen molar-refractivity contribution in [3.8, 4) is 0 Å². The van der Waals surface area contributed by atoms with Crippen LogP contribution in [0.3, 0.4) is 0 Å². The number of esters is 1. The fourth-order valence-electron chi connectivity index (χ4n) is 3.31. The Kier molecular flexibility index (Phi) is 19.4. The molecule has 0 amide bonds. The van der Waals surface area contributed by atoms with Gasteiger partial charge in [0.2, 0.25) is 0 Å². The summed E-state index contributed by atoms with van der Waals surface area (Å²) in [6.07, 6.45) is 22.6. The number of unbranched alkanes of at least 4 members (excludes halogenated alkanes) is 14. The van der Waals surface area contributed by atoms with E-state index in [1.165, 1.54) is 96.3 Å². The summed E-state index contributed by atoms with van der Waals surface area (Å²) in [5, 5.41) is 0. The van der Waals surface area contributed by atoms with Gasteiger partial charge in [-0.3, -0.25) is 4.79 Å². The number of rotatable bonds is 19. The molecule has 0 bridgehead atoms. The summed E-state index contributed by atoms with van der Waals surface area (Å²) in [5.41, 5.74) is 0. The maximum absolute atomic E-state index is 11.8. The Hall–Kier alpha value is -0.530. The highest BCUT2D eigenvalue weighted by Crippen LogP contribution is 2.13. The molecule has 0 aliphatic carbocycles. The van der Waals surface area contributed by atoms with E-state index in [4.69, 9.17) is 4.74 Å². The van der Waals surface area contributed by atoms with Gasteiger partial charge >= 0.3 is 5.97 Å². The van der Waals surface area contributed by atoms with E-state index >= 15 is 0 Å². The van der Waals surface area contributed by atoms with E-state index in [1.54, 1.807) is 0 Å². The van der Waals surface area contributed by atoms with Gasteiger partial charge in [-0.25, -0.2) is 0 Å². The Bertz CT molecular complexity index is 275. The van der Waals surface area contributed by atoms with Gasteiger partial charge in [0.05, 0.1) is 6.10 Å². The van der Waals surface area contributed by atoms with Crippen molar-refractivity contribution in [2.75, 3.05) is 0 Å². The Morgan fingerprint density at radius 1 is 0.640 bits per heavy atom. The lowest BCUT2D eigenvalue weighted by atomic mass is 10.1. The van der Waals surface area contributed by atoms with Gasteiger partial charge in [0, 0.05) is 6.42 Å². The van der Waals surface area contributed by atoms with Crippen LogP contribution in [0.5, 0.6) is 0 Å². The highest BCUT2D eigenvalue weighted by molar-refractivity contribution is 5.69. The van der Waals surface area contributed by atoms with Crippen molar-refractivity contribution in [1.82, 2.24) is 0 Å². The van der Waals surface area contributed by atoms with Crippen LogP contribution in [0, 0.1) is 0 Å². The van der Waals surface area contributed by atoms with Crippen LogP contribution in [0.4, 0.5) is 0 Å². The maximum atomic E-state index is 11.8. The van der Waals surface area contributed by atoms with Gasteiger partial charge in [-0.05, 0) is 26.2 Å². The molecule has 2 heteroatoms. The average Bonchev–Trinajstić information content (AvgIpc) is 2.59. The standard InChI is InChI=1S/C23H46O2/c1-4-6-8-10-11-12-13-14-15-17-19-21-23(24)25-22(3)20-18-16-9-7-5-2/h22H,4-21H2,1-3H3. The molecule has 0 spiro atoms. The molecule has 0 radical (unpaired) electrons. The predicted molar refractivity (Wildman–Crippen MR) is 110 cm³/mol. The first-order valence-corrected chi connectivity index (χ1v) is 11.4. The van der Waals surface area contributed by atoms with E-state index in [9.17, 15) is 4.79 Å². The second-order valence-corrected chi connectivity index (χ2v) is 7.79. The van der Waals surface area contributed by atoms with Crippen LogP contribution in [0.2, 0.25) is 0 Å². The maximum Gasteiger partial charge on any atom is 0.306 e. The first kappa shape index (κ1) is 24.5. The van der Waals surface area contributed by atoms with E-state index < -0.39 is 0 Å². The second-order valence-electron chi connectivity index (χ2n) is 7.79. The Morgan fingerprint density at radius 2 is 1.04 bits per heavy atom. The van der Waals surface area contributed by atoms with Gasteiger partial charge in [-0.1, -0.05) is 104 Å². The molecular weight excluding hydrogens is 308 g/mol. The minimum Gasteiger partial charge on any atom is -0.463 e. The fourth-order valence-corrected chi connectivity index (χ4v) is 3.31. The Balaban J connectivity index is 3.29. The molecule has 0 saturated carbocycles. The highest BCUT2D eigenvalue weighted by Gasteiger charge is 2.08. The summed E-state index contributed by atoms with van der Waals surface area (Å²) < 4.78 is 5.51.